The van der Waals surface area contributed by atoms with Gasteiger partial charge in [-0.1, -0.05) is 0 Å². The van der Waals surface area contributed by atoms with Crippen molar-refractivity contribution in [3.05, 3.63) is 46.6 Å². The average molecular weight is 343 g/mol. The van der Waals surface area contributed by atoms with E-state index in [1.165, 1.54) is 22.2 Å². The van der Waals surface area contributed by atoms with Gasteiger partial charge in [-0.15, -0.1) is 11.3 Å². The summed E-state index contributed by atoms with van der Waals surface area (Å²) < 4.78 is 3.25. The Morgan fingerprint density at radius 3 is 3.17 bits per heavy atom. The van der Waals surface area contributed by atoms with Crippen LogP contribution in [-0.2, 0) is 17.9 Å². The van der Waals surface area contributed by atoms with Gasteiger partial charge in [0.1, 0.15) is 11.4 Å². The standard InChI is InChI=1S/C16H17N5O2S/c22-14(10-19-11-17-15-13(16(19)23)4-8-24-15)21-7-1-3-12(21)9-20-6-2-5-18-20/h2,4-6,8,11-12H,1,3,7,9-10H2/t12-/m0/s1. The van der Waals surface area contributed by atoms with Gasteiger partial charge < -0.3 is 4.90 Å². The maximum Gasteiger partial charge on any atom is 0.262 e. The Hall–Kier alpha value is -2.48. The minimum atomic E-state index is -0.155. The first-order chi connectivity index (χ1) is 11.7. The molecule has 1 fully saturated rings. The van der Waals surface area contributed by atoms with Gasteiger partial charge in [-0.3, -0.25) is 18.8 Å². The summed E-state index contributed by atoms with van der Waals surface area (Å²) in [6.45, 7) is 1.45. The van der Waals surface area contributed by atoms with Crippen molar-refractivity contribution in [2.45, 2.75) is 32.0 Å². The first-order valence-corrected chi connectivity index (χ1v) is 8.80. The lowest BCUT2D eigenvalue weighted by atomic mass is 10.2. The molecule has 7 nitrogen and oxygen atoms in total. The normalized spacial score (nSPS) is 17.7. The van der Waals surface area contributed by atoms with E-state index < -0.39 is 0 Å². The Balaban J connectivity index is 1.52. The molecule has 0 aromatic carbocycles. The molecule has 1 amide bonds. The number of nitrogens with zero attached hydrogens (tertiary/aromatic N) is 5. The number of carbonyl (C=O) groups is 1. The molecule has 0 radical (unpaired) electrons. The van der Waals surface area contributed by atoms with Crippen LogP contribution in [0.2, 0.25) is 0 Å². The predicted octanol–water partition coefficient (Wildman–Crippen LogP) is 1.35. The number of hydrogen-bond donors (Lipinski definition) is 0. The van der Waals surface area contributed by atoms with E-state index in [4.69, 9.17) is 0 Å². The zero-order valence-corrected chi connectivity index (χ0v) is 13.9. The van der Waals surface area contributed by atoms with Crippen molar-refractivity contribution < 1.29 is 4.79 Å². The van der Waals surface area contributed by atoms with Gasteiger partial charge in [0.25, 0.3) is 5.56 Å². The Labute approximate surface area is 142 Å². The topological polar surface area (TPSA) is 73.0 Å². The second kappa shape index (κ2) is 6.20. The van der Waals surface area contributed by atoms with Crippen LogP contribution in [0.15, 0.2) is 41.0 Å². The molecule has 1 saturated heterocycles. The molecule has 0 saturated carbocycles. The third-order valence-corrected chi connectivity index (χ3v) is 5.23. The van der Waals surface area contributed by atoms with Crippen LogP contribution >= 0.6 is 11.3 Å². The number of likely N-dealkylation sites (tertiary alicyclic amines) is 1. The summed E-state index contributed by atoms with van der Waals surface area (Å²) in [7, 11) is 0. The number of rotatable bonds is 4. The molecule has 124 valence electrons. The molecule has 8 heteroatoms. The Morgan fingerprint density at radius 1 is 1.42 bits per heavy atom. The third-order valence-electron chi connectivity index (χ3n) is 4.41. The average Bonchev–Trinajstić information content (AvgIpc) is 3.31. The summed E-state index contributed by atoms with van der Waals surface area (Å²) in [6.07, 6.45) is 7.05. The molecule has 4 heterocycles. The molecule has 0 N–H and O–H groups in total. The molecule has 0 spiro atoms. The molecule has 0 aliphatic carbocycles. The van der Waals surface area contributed by atoms with Gasteiger partial charge in [-0.05, 0) is 30.4 Å². The fraction of sp³-hybridized carbons (Fsp3) is 0.375. The SMILES string of the molecule is O=C(Cn1cnc2sccc2c1=O)N1CCC[C@H]1Cn1cccn1. The fourth-order valence-corrected chi connectivity index (χ4v) is 3.94. The van der Waals surface area contributed by atoms with Crippen LogP contribution in [0, 0.1) is 0 Å². The van der Waals surface area contributed by atoms with Crippen LogP contribution in [0.25, 0.3) is 10.2 Å². The van der Waals surface area contributed by atoms with Crippen LogP contribution in [0.1, 0.15) is 12.8 Å². The highest BCUT2D eigenvalue weighted by atomic mass is 32.1. The van der Waals surface area contributed by atoms with Crippen molar-refractivity contribution in [2.75, 3.05) is 6.54 Å². The van der Waals surface area contributed by atoms with Gasteiger partial charge in [-0.2, -0.15) is 5.10 Å². The monoisotopic (exact) mass is 343 g/mol. The molecule has 1 aliphatic heterocycles. The molecule has 4 rings (SSSR count). The van der Waals surface area contributed by atoms with Crippen LogP contribution in [0.3, 0.4) is 0 Å². The molecule has 1 atom stereocenters. The molecular formula is C16H17N5O2S. The number of hydrogen-bond acceptors (Lipinski definition) is 5. The maximum absolute atomic E-state index is 12.7. The summed E-state index contributed by atoms with van der Waals surface area (Å²) in [5, 5.41) is 6.63. The minimum absolute atomic E-state index is 0.0349. The number of fused-ring (bicyclic) bond motifs is 1. The number of carbonyl (C=O) groups excluding carboxylic acids is 1. The lowest BCUT2D eigenvalue weighted by molar-refractivity contribution is -0.133. The van der Waals surface area contributed by atoms with E-state index >= 15 is 0 Å². The van der Waals surface area contributed by atoms with Gasteiger partial charge in [0.15, 0.2) is 0 Å². The van der Waals surface area contributed by atoms with Gasteiger partial charge in [-0.25, -0.2) is 4.98 Å². The van der Waals surface area contributed by atoms with Crippen LogP contribution < -0.4 is 5.56 Å². The first-order valence-electron chi connectivity index (χ1n) is 7.92. The van der Waals surface area contributed by atoms with E-state index in [1.807, 2.05) is 27.2 Å². The zero-order valence-electron chi connectivity index (χ0n) is 13.0. The van der Waals surface area contributed by atoms with E-state index in [0.717, 1.165) is 19.4 Å². The summed E-state index contributed by atoms with van der Waals surface area (Å²) >= 11 is 1.43. The number of aromatic nitrogens is 4. The Morgan fingerprint density at radius 2 is 2.33 bits per heavy atom. The van der Waals surface area contributed by atoms with Crippen molar-refractivity contribution in [2.24, 2.45) is 0 Å². The minimum Gasteiger partial charge on any atom is -0.336 e. The third kappa shape index (κ3) is 2.73. The fourth-order valence-electron chi connectivity index (χ4n) is 3.22. The second-order valence-electron chi connectivity index (χ2n) is 5.93. The van der Waals surface area contributed by atoms with Crippen molar-refractivity contribution in [3.63, 3.8) is 0 Å². The predicted molar refractivity (Wildman–Crippen MR) is 90.8 cm³/mol. The van der Waals surface area contributed by atoms with Crippen molar-refractivity contribution in [3.8, 4) is 0 Å². The highest BCUT2D eigenvalue weighted by Gasteiger charge is 2.29. The summed E-state index contributed by atoms with van der Waals surface area (Å²) in [6, 6.07) is 3.76. The van der Waals surface area contributed by atoms with Gasteiger partial charge in [0.2, 0.25) is 5.91 Å². The summed E-state index contributed by atoms with van der Waals surface area (Å²) in [5.74, 6) is -0.0388. The van der Waals surface area contributed by atoms with Crippen molar-refractivity contribution in [1.82, 2.24) is 24.2 Å². The smallest absolute Gasteiger partial charge is 0.262 e. The highest BCUT2D eigenvalue weighted by Crippen LogP contribution is 2.19. The summed E-state index contributed by atoms with van der Waals surface area (Å²) in [5.41, 5.74) is -0.155. The Kier molecular flexibility index (Phi) is 3.89. The van der Waals surface area contributed by atoms with E-state index in [2.05, 4.69) is 10.1 Å². The van der Waals surface area contributed by atoms with Gasteiger partial charge in [0.05, 0.1) is 24.3 Å². The number of amides is 1. The maximum atomic E-state index is 12.7. The lowest BCUT2D eigenvalue weighted by Gasteiger charge is -2.25. The van der Waals surface area contributed by atoms with E-state index in [1.54, 1.807) is 12.3 Å². The van der Waals surface area contributed by atoms with E-state index in [-0.39, 0.29) is 24.1 Å². The van der Waals surface area contributed by atoms with Crippen molar-refractivity contribution in [1.29, 1.82) is 0 Å². The van der Waals surface area contributed by atoms with Crippen LogP contribution in [0.5, 0.6) is 0 Å². The molecular weight excluding hydrogens is 326 g/mol. The molecule has 3 aromatic heterocycles. The van der Waals surface area contributed by atoms with Gasteiger partial charge in [0, 0.05) is 18.9 Å². The van der Waals surface area contributed by atoms with E-state index in [9.17, 15) is 9.59 Å². The summed E-state index contributed by atoms with van der Waals surface area (Å²) in [4.78, 5) is 31.9. The molecule has 3 aromatic rings. The second-order valence-corrected chi connectivity index (χ2v) is 6.82. The molecule has 0 bridgehead atoms. The molecule has 0 unspecified atom stereocenters. The zero-order chi connectivity index (χ0) is 16.5. The van der Waals surface area contributed by atoms with Crippen LogP contribution in [0.4, 0.5) is 0 Å². The van der Waals surface area contributed by atoms with Crippen LogP contribution in [-0.4, -0.2) is 42.7 Å². The molecule has 1 aliphatic rings. The van der Waals surface area contributed by atoms with Gasteiger partial charge >= 0.3 is 0 Å². The highest BCUT2D eigenvalue weighted by molar-refractivity contribution is 7.16. The molecule has 24 heavy (non-hydrogen) atoms. The number of thiophene rings is 1. The van der Waals surface area contributed by atoms with Crippen molar-refractivity contribution >= 4 is 27.5 Å². The Bertz CT molecular complexity index is 914. The quantitative estimate of drug-likeness (QED) is 0.717. The van der Waals surface area contributed by atoms with E-state index in [0.29, 0.717) is 16.8 Å². The largest absolute Gasteiger partial charge is 0.336 e. The first kappa shape index (κ1) is 15.1. The lowest BCUT2D eigenvalue weighted by Crippen LogP contribution is -2.41.